The number of fused-ring (bicyclic) bond motifs is 1. The van der Waals surface area contributed by atoms with Crippen molar-refractivity contribution >= 4 is 34.0 Å². The fourth-order valence-corrected chi connectivity index (χ4v) is 5.39. The summed E-state index contributed by atoms with van der Waals surface area (Å²) in [4.78, 5) is 27.3. The monoisotopic (exact) mass is 507 g/mol. The van der Waals surface area contributed by atoms with Gasteiger partial charge in [-0.2, -0.15) is 13.2 Å². The highest BCUT2D eigenvalue weighted by molar-refractivity contribution is 7.09. The second kappa shape index (κ2) is 9.32. The number of aliphatic hydroxyl groups is 1. The number of hydrogen-bond donors (Lipinski definition) is 3. The second-order valence-electron chi connectivity index (χ2n) is 8.94. The van der Waals surface area contributed by atoms with Crippen LogP contribution in [0.25, 0.3) is 10.9 Å². The molecule has 2 aromatic heterocycles. The number of nitrogens with zero attached hydrogens (tertiary/aromatic N) is 4. The number of aromatic nitrogens is 3. The predicted octanol–water partition coefficient (Wildman–Crippen LogP) is 3.15. The number of hydrogen-bond acceptors (Lipinski definition) is 8. The SMILES string of the molecule is [2H]C1(N2CC(NC(=O)CNc3ncnc4ccc(C(F)(F)F)cc34)C2)CCC(O)(c2cncs2)CC1. The summed E-state index contributed by atoms with van der Waals surface area (Å²) in [6, 6.07) is 2.29. The molecule has 35 heavy (non-hydrogen) atoms. The third kappa shape index (κ3) is 5.09. The highest BCUT2D eigenvalue weighted by atomic mass is 32.1. The van der Waals surface area contributed by atoms with Gasteiger partial charge in [0, 0.05) is 32.1 Å². The Morgan fingerprint density at radius 2 is 2.06 bits per heavy atom. The lowest BCUT2D eigenvalue weighted by molar-refractivity contribution is -0.137. The van der Waals surface area contributed by atoms with Crippen molar-refractivity contribution in [3.63, 3.8) is 0 Å². The lowest BCUT2D eigenvalue weighted by Crippen LogP contribution is -2.63. The molecule has 0 atom stereocenters. The van der Waals surface area contributed by atoms with Crippen molar-refractivity contribution < 1.29 is 24.4 Å². The summed E-state index contributed by atoms with van der Waals surface area (Å²) in [5.41, 5.74) is 0.290. The van der Waals surface area contributed by atoms with E-state index in [0.717, 1.165) is 17.0 Å². The van der Waals surface area contributed by atoms with Gasteiger partial charge in [0.25, 0.3) is 0 Å². The number of thiazole rings is 1. The second-order valence-corrected chi connectivity index (χ2v) is 9.82. The van der Waals surface area contributed by atoms with Crippen molar-refractivity contribution in [1.29, 1.82) is 0 Å². The van der Waals surface area contributed by atoms with Crippen LogP contribution in [0.15, 0.2) is 36.2 Å². The standard InChI is InChI=1S/C23H25F3N6O2S/c24-23(25,26)14-1-2-18-17(7-14)21(30-12-29-18)28-9-20(33)31-15-10-32(11-15)16-3-5-22(34,6-4-16)19-8-27-13-35-19/h1-2,7-8,12-13,15-16,34H,3-6,9-11H2,(H,31,33)(H,28,29,30)/i16D. The number of likely N-dealkylation sites (tertiary alicyclic amines) is 1. The summed E-state index contributed by atoms with van der Waals surface area (Å²) in [5, 5.41) is 16.8. The molecule has 186 valence electrons. The largest absolute Gasteiger partial charge is 0.416 e. The van der Waals surface area contributed by atoms with Gasteiger partial charge in [-0.05, 0) is 43.9 Å². The lowest BCUT2D eigenvalue weighted by atomic mass is 9.80. The number of amides is 1. The van der Waals surface area contributed by atoms with Crippen LogP contribution in [0.2, 0.25) is 0 Å². The Labute approximate surface area is 205 Å². The summed E-state index contributed by atoms with van der Waals surface area (Å²) in [5.74, 6) is -0.169. The Morgan fingerprint density at radius 1 is 1.29 bits per heavy atom. The first kappa shape index (κ1) is 22.6. The number of rotatable bonds is 6. The minimum Gasteiger partial charge on any atom is -0.384 e. The van der Waals surface area contributed by atoms with E-state index in [1.165, 1.54) is 23.7 Å². The van der Waals surface area contributed by atoms with Gasteiger partial charge in [-0.3, -0.25) is 14.7 Å². The molecule has 1 saturated heterocycles. The maximum atomic E-state index is 13.1. The van der Waals surface area contributed by atoms with Gasteiger partial charge in [-0.25, -0.2) is 9.97 Å². The summed E-state index contributed by atoms with van der Waals surface area (Å²) in [7, 11) is 0. The molecule has 1 aliphatic heterocycles. The molecule has 3 N–H and O–H groups in total. The predicted molar refractivity (Wildman–Crippen MR) is 125 cm³/mol. The third-order valence-corrected chi connectivity index (χ3v) is 7.58. The number of anilines is 1. The molecule has 8 nitrogen and oxygen atoms in total. The zero-order chi connectivity index (χ0) is 25.6. The lowest BCUT2D eigenvalue weighted by Gasteiger charge is -2.48. The zero-order valence-corrected chi connectivity index (χ0v) is 19.5. The molecule has 1 amide bonds. The molecule has 5 rings (SSSR count). The van der Waals surface area contributed by atoms with Crippen LogP contribution < -0.4 is 10.6 Å². The molecule has 1 aromatic carbocycles. The number of halogens is 3. The molecule has 12 heteroatoms. The van der Waals surface area contributed by atoms with Crippen LogP contribution in [0.1, 0.15) is 37.5 Å². The van der Waals surface area contributed by atoms with Crippen LogP contribution in [0.4, 0.5) is 19.0 Å². The minimum absolute atomic E-state index is 0.122. The first-order chi connectivity index (χ1) is 17.1. The fraction of sp³-hybridized carbons (Fsp3) is 0.478. The van der Waals surface area contributed by atoms with Gasteiger partial charge in [-0.1, -0.05) is 0 Å². The number of nitrogens with one attached hydrogen (secondary N) is 2. The van der Waals surface area contributed by atoms with Crippen molar-refractivity contribution in [1.82, 2.24) is 25.2 Å². The summed E-state index contributed by atoms with van der Waals surface area (Å²) in [6.45, 7) is 0.895. The van der Waals surface area contributed by atoms with Crippen molar-refractivity contribution in [3.05, 3.63) is 46.7 Å². The van der Waals surface area contributed by atoms with Crippen molar-refractivity contribution in [2.45, 2.75) is 49.5 Å². The molecule has 0 unspecified atom stereocenters. The van der Waals surface area contributed by atoms with E-state index < -0.39 is 23.4 Å². The molecule has 2 fully saturated rings. The Balaban J connectivity index is 1.12. The van der Waals surface area contributed by atoms with Crippen molar-refractivity contribution in [3.8, 4) is 0 Å². The van der Waals surface area contributed by atoms with E-state index in [9.17, 15) is 23.1 Å². The highest BCUT2D eigenvalue weighted by Gasteiger charge is 2.41. The van der Waals surface area contributed by atoms with Crippen molar-refractivity contribution in [2.75, 3.05) is 25.0 Å². The van der Waals surface area contributed by atoms with E-state index in [1.54, 1.807) is 11.7 Å². The average Bonchev–Trinajstić information content (AvgIpc) is 3.37. The third-order valence-electron chi connectivity index (χ3n) is 6.62. The van der Waals surface area contributed by atoms with E-state index in [0.29, 0.717) is 44.3 Å². The average molecular weight is 508 g/mol. The van der Waals surface area contributed by atoms with Gasteiger partial charge >= 0.3 is 6.18 Å². The van der Waals surface area contributed by atoms with Gasteiger partial charge in [0.1, 0.15) is 17.7 Å². The minimum atomic E-state index is -4.50. The molecule has 3 aromatic rings. The molecule has 0 radical (unpaired) electrons. The molecule has 2 aliphatic rings. The molecule has 1 saturated carbocycles. The first-order valence-corrected chi connectivity index (χ1v) is 12.2. The number of alkyl halides is 3. The van der Waals surface area contributed by atoms with Gasteiger partial charge < -0.3 is 15.7 Å². The highest BCUT2D eigenvalue weighted by Crippen LogP contribution is 2.40. The van der Waals surface area contributed by atoms with Crippen LogP contribution in [0, 0.1) is 0 Å². The molecular formula is C23H25F3N6O2S. The van der Waals surface area contributed by atoms with Gasteiger partial charge in [0.2, 0.25) is 5.91 Å². The number of carbonyl (C=O) groups excluding carboxylic acids is 1. The molecule has 3 heterocycles. The van der Waals surface area contributed by atoms with E-state index in [1.807, 2.05) is 4.90 Å². The van der Waals surface area contributed by atoms with Gasteiger partial charge in [0.05, 0.1) is 34.1 Å². The zero-order valence-electron chi connectivity index (χ0n) is 19.7. The smallest absolute Gasteiger partial charge is 0.384 e. The van der Waals surface area contributed by atoms with Crippen LogP contribution in [0.5, 0.6) is 0 Å². The fourth-order valence-electron chi connectivity index (χ4n) is 4.60. The van der Waals surface area contributed by atoms with E-state index in [-0.39, 0.29) is 29.7 Å². The summed E-state index contributed by atoms with van der Waals surface area (Å²) < 4.78 is 48.1. The Hall–Kier alpha value is -2.83. The van der Waals surface area contributed by atoms with E-state index >= 15 is 0 Å². The van der Waals surface area contributed by atoms with E-state index in [4.69, 9.17) is 1.37 Å². The number of carbonyl (C=O) groups is 1. The number of benzene rings is 1. The van der Waals surface area contributed by atoms with Gasteiger partial charge in [0.15, 0.2) is 0 Å². The molecule has 1 aliphatic carbocycles. The molecular weight excluding hydrogens is 481 g/mol. The first-order valence-electron chi connectivity index (χ1n) is 11.8. The van der Waals surface area contributed by atoms with Crippen LogP contribution in [0.3, 0.4) is 0 Å². The Morgan fingerprint density at radius 3 is 2.74 bits per heavy atom. The van der Waals surface area contributed by atoms with Gasteiger partial charge in [-0.15, -0.1) is 11.3 Å². The summed E-state index contributed by atoms with van der Waals surface area (Å²) in [6.07, 6.45) is 0.423. The topological polar surface area (TPSA) is 103 Å². The molecule has 0 spiro atoms. The van der Waals surface area contributed by atoms with E-state index in [2.05, 4.69) is 25.6 Å². The molecule has 0 bridgehead atoms. The Kier molecular flexibility index (Phi) is 6.02. The quantitative estimate of drug-likeness (QED) is 0.471. The summed E-state index contributed by atoms with van der Waals surface area (Å²) >= 11 is 1.42. The van der Waals surface area contributed by atoms with Crippen LogP contribution >= 0.6 is 11.3 Å². The van der Waals surface area contributed by atoms with Crippen LogP contribution in [-0.4, -0.2) is 62.6 Å². The van der Waals surface area contributed by atoms with Crippen molar-refractivity contribution in [2.24, 2.45) is 0 Å². The van der Waals surface area contributed by atoms with Crippen LogP contribution in [-0.2, 0) is 16.6 Å². The Bertz CT molecular complexity index is 1240. The maximum absolute atomic E-state index is 13.1. The maximum Gasteiger partial charge on any atom is 0.416 e. The normalized spacial score (nSPS) is 26.2.